The quantitative estimate of drug-likeness (QED) is 0.379. The minimum absolute atomic E-state index is 0. The first-order valence-corrected chi connectivity index (χ1v) is 8.53. The van der Waals surface area contributed by atoms with Gasteiger partial charge in [0, 0.05) is 11.6 Å². The molecule has 1 saturated carbocycles. The zero-order chi connectivity index (χ0) is 16.7. The summed E-state index contributed by atoms with van der Waals surface area (Å²) in [6.07, 6.45) is 5.98. The molecule has 0 aliphatic heterocycles. The van der Waals surface area contributed by atoms with E-state index in [0.29, 0.717) is 18.5 Å². The molecule has 1 aromatic rings. The van der Waals surface area contributed by atoms with Crippen molar-refractivity contribution in [1.29, 1.82) is 0 Å². The molecular formula is C18H30IN3O2. The van der Waals surface area contributed by atoms with Crippen LogP contribution in [0.1, 0.15) is 51.5 Å². The maximum absolute atomic E-state index is 6.21. The van der Waals surface area contributed by atoms with Crippen LogP contribution in [0.2, 0.25) is 0 Å². The molecule has 6 heteroatoms. The van der Waals surface area contributed by atoms with Gasteiger partial charge >= 0.3 is 0 Å². The summed E-state index contributed by atoms with van der Waals surface area (Å²) in [7, 11) is 1.67. The smallest absolute Gasteiger partial charge is 0.189 e. The number of methoxy groups -OCH3 is 1. The number of ether oxygens (including phenoxy) is 2. The summed E-state index contributed by atoms with van der Waals surface area (Å²) in [5, 5.41) is 3.18. The molecule has 1 unspecified atom stereocenters. The maximum atomic E-state index is 6.21. The zero-order valence-corrected chi connectivity index (χ0v) is 17.2. The Labute approximate surface area is 162 Å². The molecule has 5 nitrogen and oxygen atoms in total. The van der Waals surface area contributed by atoms with E-state index in [9.17, 15) is 0 Å². The molecule has 0 spiro atoms. The van der Waals surface area contributed by atoms with Gasteiger partial charge in [-0.25, -0.2) is 4.99 Å². The summed E-state index contributed by atoms with van der Waals surface area (Å²) in [6.45, 7) is 4.68. The lowest BCUT2D eigenvalue weighted by molar-refractivity contribution is 0.198. The summed E-state index contributed by atoms with van der Waals surface area (Å²) < 4.78 is 11.7. The van der Waals surface area contributed by atoms with Gasteiger partial charge in [-0.15, -0.1) is 24.0 Å². The largest absolute Gasteiger partial charge is 0.493 e. The van der Waals surface area contributed by atoms with Gasteiger partial charge in [-0.1, -0.05) is 19.1 Å². The van der Waals surface area contributed by atoms with Crippen LogP contribution in [0.15, 0.2) is 23.2 Å². The Kier molecular flexibility index (Phi) is 9.25. The molecule has 1 aromatic carbocycles. The fourth-order valence-corrected chi connectivity index (χ4v) is 2.72. The molecule has 0 saturated heterocycles. The Morgan fingerprint density at radius 1 is 1.38 bits per heavy atom. The monoisotopic (exact) mass is 447 g/mol. The van der Waals surface area contributed by atoms with Crippen LogP contribution < -0.4 is 20.5 Å². The average Bonchev–Trinajstić information content (AvgIpc) is 3.06. The highest BCUT2D eigenvalue weighted by atomic mass is 127. The van der Waals surface area contributed by atoms with Crippen molar-refractivity contribution in [3.05, 3.63) is 23.8 Å². The Balaban J connectivity index is 0.00000288. The number of benzene rings is 1. The number of nitrogens with two attached hydrogens (primary N) is 1. The van der Waals surface area contributed by atoms with Gasteiger partial charge in [0.25, 0.3) is 0 Å². The summed E-state index contributed by atoms with van der Waals surface area (Å²) >= 11 is 0. The standard InChI is InChI=1S/C18H29N3O2.HI/c1-4-13(2)21-18(19)20-12-14-8-7-11-16(22-3)17(14)23-15-9-5-6-10-15;/h7-8,11,13,15H,4-6,9-10,12H2,1-3H3,(H3,19,20,21);1H. The van der Waals surface area contributed by atoms with Gasteiger partial charge < -0.3 is 20.5 Å². The Morgan fingerprint density at radius 2 is 2.08 bits per heavy atom. The molecule has 24 heavy (non-hydrogen) atoms. The van der Waals surface area contributed by atoms with E-state index in [2.05, 4.69) is 24.2 Å². The molecule has 1 fully saturated rings. The van der Waals surface area contributed by atoms with Crippen molar-refractivity contribution in [2.45, 2.75) is 64.6 Å². The van der Waals surface area contributed by atoms with Gasteiger partial charge in [-0.2, -0.15) is 0 Å². The van der Waals surface area contributed by atoms with E-state index in [0.717, 1.165) is 36.3 Å². The van der Waals surface area contributed by atoms with Crippen molar-refractivity contribution in [3.8, 4) is 11.5 Å². The molecule has 0 aromatic heterocycles. The van der Waals surface area contributed by atoms with Crippen LogP contribution >= 0.6 is 24.0 Å². The second-order valence-corrected chi connectivity index (χ2v) is 6.13. The fraction of sp³-hybridized carbons (Fsp3) is 0.611. The van der Waals surface area contributed by atoms with E-state index in [1.807, 2.05) is 18.2 Å². The molecule has 1 aliphatic carbocycles. The molecule has 1 aliphatic rings. The molecule has 0 amide bonds. The Hall–Kier alpha value is -1.18. The highest BCUT2D eigenvalue weighted by Crippen LogP contribution is 2.35. The van der Waals surface area contributed by atoms with E-state index in [4.69, 9.17) is 15.2 Å². The fourth-order valence-electron chi connectivity index (χ4n) is 2.72. The third-order valence-corrected chi connectivity index (χ3v) is 4.29. The number of para-hydroxylation sites is 1. The van der Waals surface area contributed by atoms with E-state index < -0.39 is 0 Å². The van der Waals surface area contributed by atoms with Crippen molar-refractivity contribution in [1.82, 2.24) is 5.32 Å². The van der Waals surface area contributed by atoms with Crippen molar-refractivity contribution in [3.63, 3.8) is 0 Å². The SMILES string of the molecule is CCC(C)NC(N)=NCc1cccc(OC)c1OC1CCCC1.I. The van der Waals surface area contributed by atoms with Crippen molar-refractivity contribution >= 4 is 29.9 Å². The first-order chi connectivity index (χ1) is 11.1. The van der Waals surface area contributed by atoms with Gasteiger partial charge in [0.2, 0.25) is 0 Å². The molecular weight excluding hydrogens is 417 g/mol. The first kappa shape index (κ1) is 20.9. The molecule has 3 N–H and O–H groups in total. The number of hydrogen-bond acceptors (Lipinski definition) is 3. The van der Waals surface area contributed by atoms with Crippen LogP contribution in [-0.4, -0.2) is 25.2 Å². The second-order valence-electron chi connectivity index (χ2n) is 6.13. The Morgan fingerprint density at radius 3 is 2.71 bits per heavy atom. The molecule has 1 atom stereocenters. The van der Waals surface area contributed by atoms with Crippen LogP contribution in [0.25, 0.3) is 0 Å². The maximum Gasteiger partial charge on any atom is 0.189 e. The van der Waals surface area contributed by atoms with Crippen LogP contribution in [0, 0.1) is 0 Å². The number of nitrogens with zero attached hydrogens (tertiary/aromatic N) is 1. The summed E-state index contributed by atoms with van der Waals surface area (Å²) in [5.74, 6) is 2.04. The summed E-state index contributed by atoms with van der Waals surface area (Å²) in [4.78, 5) is 4.44. The minimum Gasteiger partial charge on any atom is -0.493 e. The lowest BCUT2D eigenvalue weighted by Crippen LogP contribution is -2.38. The number of halogens is 1. The van der Waals surface area contributed by atoms with Gasteiger partial charge in [0.1, 0.15) is 0 Å². The molecule has 2 rings (SSSR count). The predicted octanol–water partition coefficient (Wildman–Crippen LogP) is 3.84. The molecule has 0 heterocycles. The van der Waals surface area contributed by atoms with Gasteiger partial charge in [0.05, 0.1) is 19.8 Å². The zero-order valence-electron chi connectivity index (χ0n) is 14.9. The molecule has 0 radical (unpaired) electrons. The van der Waals surface area contributed by atoms with E-state index >= 15 is 0 Å². The van der Waals surface area contributed by atoms with Crippen LogP contribution in [0.5, 0.6) is 11.5 Å². The number of guanidine groups is 1. The number of nitrogens with one attached hydrogen (secondary N) is 1. The highest BCUT2D eigenvalue weighted by Gasteiger charge is 2.20. The average molecular weight is 447 g/mol. The molecule has 136 valence electrons. The van der Waals surface area contributed by atoms with Gasteiger partial charge in [-0.05, 0) is 45.1 Å². The summed E-state index contributed by atoms with van der Waals surface area (Å²) in [6, 6.07) is 6.23. The minimum atomic E-state index is 0. The number of aliphatic imine (C=N–C) groups is 1. The van der Waals surface area contributed by atoms with E-state index in [1.165, 1.54) is 12.8 Å². The first-order valence-electron chi connectivity index (χ1n) is 8.53. The van der Waals surface area contributed by atoms with E-state index in [-0.39, 0.29) is 30.1 Å². The van der Waals surface area contributed by atoms with Gasteiger partial charge in [0.15, 0.2) is 17.5 Å². The van der Waals surface area contributed by atoms with Gasteiger partial charge in [-0.3, -0.25) is 0 Å². The second kappa shape index (κ2) is 10.6. The predicted molar refractivity (Wildman–Crippen MR) is 110 cm³/mol. The Bertz CT molecular complexity index is 531. The van der Waals surface area contributed by atoms with E-state index in [1.54, 1.807) is 7.11 Å². The lowest BCUT2D eigenvalue weighted by Gasteiger charge is -2.19. The third-order valence-electron chi connectivity index (χ3n) is 4.29. The van der Waals surface area contributed by atoms with Crippen LogP contribution in [-0.2, 0) is 6.54 Å². The van der Waals surface area contributed by atoms with Crippen LogP contribution in [0.4, 0.5) is 0 Å². The summed E-state index contributed by atoms with van der Waals surface area (Å²) in [5.41, 5.74) is 6.95. The van der Waals surface area contributed by atoms with Crippen LogP contribution in [0.3, 0.4) is 0 Å². The number of hydrogen-bond donors (Lipinski definition) is 2. The third kappa shape index (κ3) is 6.03. The highest BCUT2D eigenvalue weighted by molar-refractivity contribution is 14.0. The topological polar surface area (TPSA) is 68.9 Å². The van der Waals surface area contributed by atoms with Crippen molar-refractivity contribution < 1.29 is 9.47 Å². The van der Waals surface area contributed by atoms with Crippen molar-refractivity contribution in [2.24, 2.45) is 10.7 Å². The number of rotatable bonds is 7. The normalized spacial score (nSPS) is 16.4. The molecule has 0 bridgehead atoms. The lowest BCUT2D eigenvalue weighted by atomic mass is 10.1. The van der Waals surface area contributed by atoms with Crippen molar-refractivity contribution in [2.75, 3.05) is 7.11 Å².